The molecule has 6 atom stereocenters. The third-order valence-corrected chi connectivity index (χ3v) is 9.00. The number of hydrogen-bond acceptors (Lipinski definition) is 5. The second-order valence-electron chi connectivity index (χ2n) is 9.29. The van der Waals surface area contributed by atoms with Crippen molar-refractivity contribution in [3.8, 4) is 0 Å². The predicted molar refractivity (Wildman–Crippen MR) is 107 cm³/mol. The first-order valence-corrected chi connectivity index (χ1v) is 11.0. The van der Waals surface area contributed by atoms with Crippen molar-refractivity contribution in [2.45, 2.75) is 58.8 Å². The SMILES string of the molecule is COOCC[C@@H]1CC[C@@H]2[C@H](CC[C@]3(C)C(Cl)=C(C=O)C[C@@H]23)[C@@]1(C)CCOOC. The average Bonchev–Trinajstić information content (AvgIpc) is 2.95. The molecule has 0 N–H and O–H groups in total. The Kier molecular flexibility index (Phi) is 7.25. The minimum absolute atomic E-state index is 0.0328. The normalized spacial score (nSPS) is 40.3. The first-order chi connectivity index (χ1) is 13.4. The summed E-state index contributed by atoms with van der Waals surface area (Å²) in [5.41, 5.74) is 0.945. The van der Waals surface area contributed by atoms with Gasteiger partial charge in [0, 0.05) is 16.0 Å². The number of aldehydes is 1. The van der Waals surface area contributed by atoms with Crippen molar-refractivity contribution in [2.24, 2.45) is 34.5 Å². The highest BCUT2D eigenvalue weighted by Gasteiger charge is 2.58. The van der Waals surface area contributed by atoms with Crippen LogP contribution >= 0.6 is 11.6 Å². The van der Waals surface area contributed by atoms with Gasteiger partial charge in [-0.3, -0.25) is 4.79 Å². The van der Waals surface area contributed by atoms with Crippen LogP contribution in [-0.4, -0.2) is 33.7 Å². The van der Waals surface area contributed by atoms with Gasteiger partial charge in [-0.1, -0.05) is 25.4 Å². The molecule has 0 saturated heterocycles. The zero-order valence-corrected chi connectivity index (χ0v) is 18.4. The van der Waals surface area contributed by atoms with Gasteiger partial charge in [0.1, 0.15) is 6.29 Å². The Morgan fingerprint density at radius 2 is 1.79 bits per heavy atom. The van der Waals surface area contributed by atoms with E-state index in [1.54, 1.807) is 14.2 Å². The average molecular weight is 415 g/mol. The molecule has 2 saturated carbocycles. The molecular weight excluding hydrogens is 380 g/mol. The number of halogens is 1. The van der Waals surface area contributed by atoms with Crippen LogP contribution in [0.4, 0.5) is 0 Å². The number of hydrogen-bond donors (Lipinski definition) is 0. The Bertz CT molecular complexity index is 593. The first kappa shape index (κ1) is 22.2. The fraction of sp³-hybridized carbons (Fsp3) is 0.864. The summed E-state index contributed by atoms with van der Waals surface area (Å²) >= 11 is 6.69. The highest BCUT2D eigenvalue weighted by atomic mass is 35.5. The van der Waals surface area contributed by atoms with Crippen LogP contribution in [0.25, 0.3) is 0 Å². The summed E-state index contributed by atoms with van der Waals surface area (Å²) in [5.74, 6) is 2.22. The molecule has 0 heterocycles. The van der Waals surface area contributed by atoms with E-state index in [-0.39, 0.29) is 10.8 Å². The highest BCUT2D eigenvalue weighted by molar-refractivity contribution is 6.32. The van der Waals surface area contributed by atoms with Crippen molar-refractivity contribution < 1.29 is 24.3 Å². The van der Waals surface area contributed by atoms with Gasteiger partial charge < -0.3 is 0 Å². The summed E-state index contributed by atoms with van der Waals surface area (Å²) < 4.78 is 0. The molecule has 0 amide bonds. The fourth-order valence-corrected chi connectivity index (χ4v) is 7.14. The molecule has 5 nitrogen and oxygen atoms in total. The quantitative estimate of drug-likeness (QED) is 0.228. The molecule has 2 fully saturated rings. The molecule has 0 aromatic carbocycles. The molecule has 0 radical (unpaired) electrons. The van der Waals surface area contributed by atoms with Crippen LogP contribution in [-0.2, 0) is 24.3 Å². The van der Waals surface area contributed by atoms with Crippen LogP contribution in [0, 0.1) is 34.5 Å². The van der Waals surface area contributed by atoms with Crippen molar-refractivity contribution in [2.75, 3.05) is 27.4 Å². The van der Waals surface area contributed by atoms with E-state index >= 15 is 0 Å². The fourth-order valence-electron chi connectivity index (χ4n) is 6.78. The molecule has 0 bridgehead atoms. The lowest BCUT2D eigenvalue weighted by atomic mass is 9.46. The molecule has 6 heteroatoms. The van der Waals surface area contributed by atoms with Crippen LogP contribution in [0.5, 0.6) is 0 Å². The van der Waals surface area contributed by atoms with E-state index in [2.05, 4.69) is 13.8 Å². The monoisotopic (exact) mass is 414 g/mol. The second kappa shape index (κ2) is 9.13. The van der Waals surface area contributed by atoms with Crippen LogP contribution in [0.2, 0.25) is 0 Å². The summed E-state index contributed by atoms with van der Waals surface area (Å²) in [6.45, 7) is 5.91. The van der Waals surface area contributed by atoms with Gasteiger partial charge in [-0.2, -0.15) is 0 Å². The van der Waals surface area contributed by atoms with Crippen LogP contribution in [0.3, 0.4) is 0 Å². The molecule has 0 spiro atoms. The first-order valence-electron chi connectivity index (χ1n) is 10.6. The van der Waals surface area contributed by atoms with E-state index in [9.17, 15) is 4.79 Å². The largest absolute Gasteiger partial charge is 0.298 e. The zero-order chi connectivity index (χ0) is 20.4. The minimum atomic E-state index is -0.0328. The summed E-state index contributed by atoms with van der Waals surface area (Å²) in [5, 5.41) is 0.825. The Morgan fingerprint density at radius 3 is 2.46 bits per heavy atom. The molecule has 0 unspecified atom stereocenters. The third kappa shape index (κ3) is 3.81. The van der Waals surface area contributed by atoms with Gasteiger partial charge in [0.15, 0.2) is 0 Å². The predicted octanol–water partition coefficient (Wildman–Crippen LogP) is 5.08. The maximum Gasteiger partial charge on any atom is 0.147 e. The Labute approximate surface area is 173 Å². The van der Waals surface area contributed by atoms with E-state index in [0.717, 1.165) is 49.0 Å². The van der Waals surface area contributed by atoms with E-state index in [1.165, 1.54) is 12.8 Å². The van der Waals surface area contributed by atoms with Gasteiger partial charge in [0.25, 0.3) is 0 Å². The Morgan fingerprint density at radius 1 is 1.07 bits per heavy atom. The summed E-state index contributed by atoms with van der Waals surface area (Å²) in [4.78, 5) is 31.7. The van der Waals surface area contributed by atoms with Gasteiger partial charge in [-0.25, -0.2) is 19.6 Å². The summed E-state index contributed by atoms with van der Waals surface area (Å²) in [7, 11) is 3.13. The van der Waals surface area contributed by atoms with Crippen LogP contribution in [0.15, 0.2) is 10.6 Å². The van der Waals surface area contributed by atoms with Crippen LogP contribution in [0.1, 0.15) is 58.8 Å². The molecule has 0 aromatic rings. The molecule has 3 aliphatic carbocycles. The molecule has 3 aliphatic rings. The Hall–Kier alpha value is -0.460. The van der Waals surface area contributed by atoms with Crippen molar-refractivity contribution in [1.82, 2.24) is 0 Å². The molecular formula is C22H35ClO5. The van der Waals surface area contributed by atoms with E-state index < -0.39 is 0 Å². The molecule has 0 aromatic heterocycles. The van der Waals surface area contributed by atoms with Gasteiger partial charge in [-0.05, 0) is 74.0 Å². The topological polar surface area (TPSA) is 54.0 Å². The number of rotatable bonds is 9. The van der Waals surface area contributed by atoms with E-state index in [0.29, 0.717) is 36.9 Å². The van der Waals surface area contributed by atoms with Crippen LogP contribution < -0.4 is 0 Å². The van der Waals surface area contributed by atoms with Crippen molar-refractivity contribution in [1.29, 1.82) is 0 Å². The molecule has 28 heavy (non-hydrogen) atoms. The maximum atomic E-state index is 11.6. The van der Waals surface area contributed by atoms with Gasteiger partial charge in [0.05, 0.1) is 27.4 Å². The van der Waals surface area contributed by atoms with Crippen molar-refractivity contribution in [3.05, 3.63) is 10.6 Å². The van der Waals surface area contributed by atoms with E-state index in [4.69, 9.17) is 31.2 Å². The lowest BCUT2D eigenvalue weighted by Gasteiger charge is -2.58. The number of carbonyl (C=O) groups is 1. The number of allylic oxidation sites excluding steroid dienone is 2. The number of fused-ring (bicyclic) bond motifs is 3. The maximum absolute atomic E-state index is 11.6. The third-order valence-electron chi connectivity index (χ3n) is 8.33. The van der Waals surface area contributed by atoms with Gasteiger partial charge >= 0.3 is 0 Å². The van der Waals surface area contributed by atoms with E-state index in [1.807, 2.05) is 0 Å². The summed E-state index contributed by atoms with van der Waals surface area (Å²) in [6, 6.07) is 0. The lowest BCUT2D eigenvalue weighted by molar-refractivity contribution is -0.283. The smallest absolute Gasteiger partial charge is 0.147 e. The molecule has 3 rings (SSSR count). The Balaban J connectivity index is 1.82. The minimum Gasteiger partial charge on any atom is -0.298 e. The van der Waals surface area contributed by atoms with Gasteiger partial charge in [-0.15, -0.1) is 0 Å². The standard InChI is InChI=1S/C22H35ClO5/c1-21(10-12-28-26-4)16(8-11-27-25-3)5-6-17-18(21)7-9-22(2)19(17)13-15(14-24)20(22)23/h14,16-19H,5-13H2,1-4H3/t16-,17+,18-,19-,21-,22-/m0/s1. The summed E-state index contributed by atoms with van der Waals surface area (Å²) in [6.07, 6.45) is 8.33. The lowest BCUT2D eigenvalue weighted by Crippen LogP contribution is -2.51. The molecule has 0 aliphatic heterocycles. The second-order valence-corrected chi connectivity index (χ2v) is 9.67. The van der Waals surface area contributed by atoms with Crippen molar-refractivity contribution >= 4 is 17.9 Å². The van der Waals surface area contributed by atoms with Crippen molar-refractivity contribution in [3.63, 3.8) is 0 Å². The highest BCUT2D eigenvalue weighted by Crippen LogP contribution is 2.66. The van der Waals surface area contributed by atoms with Gasteiger partial charge in [0.2, 0.25) is 0 Å². The molecule has 160 valence electrons. The number of carbonyl (C=O) groups excluding carboxylic acids is 1. The zero-order valence-electron chi connectivity index (χ0n) is 17.7.